The molecule has 0 bridgehead atoms. The topological polar surface area (TPSA) is 23.8 Å². The fourth-order valence-electron chi connectivity index (χ4n) is 0.934. The lowest BCUT2D eigenvalue weighted by Gasteiger charge is -1.99. The molecule has 0 N–H and O–H groups in total. The molecule has 0 radical (unpaired) electrons. The quantitative estimate of drug-likeness (QED) is 0.608. The maximum absolute atomic E-state index is 13.0. The Hall–Kier alpha value is -1.69. The number of benzene rings is 1. The third-order valence-electron chi connectivity index (χ3n) is 1.62. The largest absolute Gasteiger partial charge is 0.207 e. The molecule has 0 aromatic heterocycles. The highest BCUT2D eigenvalue weighted by molar-refractivity contribution is 5.53. The highest BCUT2D eigenvalue weighted by Gasteiger charge is 2.03. The van der Waals surface area contributed by atoms with E-state index < -0.39 is 11.6 Å². The molecule has 0 saturated heterocycles. The van der Waals surface area contributed by atoms with Crippen molar-refractivity contribution in [1.29, 1.82) is 5.26 Å². The molecule has 1 aromatic rings. The van der Waals surface area contributed by atoms with Crippen molar-refractivity contribution in [1.82, 2.24) is 0 Å². The van der Waals surface area contributed by atoms with Gasteiger partial charge < -0.3 is 0 Å². The lowest BCUT2D eigenvalue weighted by molar-refractivity contribution is 0.576. The molecule has 0 spiro atoms. The van der Waals surface area contributed by atoms with Crippen LogP contribution in [0.5, 0.6) is 0 Å². The fraction of sp³-hybridized carbons (Fsp3) is 0.100. The number of hydrogen-bond acceptors (Lipinski definition) is 1. The van der Waals surface area contributed by atoms with E-state index in [4.69, 9.17) is 5.26 Å². The lowest BCUT2D eigenvalue weighted by Crippen LogP contribution is -1.88. The fourth-order valence-corrected chi connectivity index (χ4v) is 0.934. The van der Waals surface area contributed by atoms with E-state index in [0.29, 0.717) is 5.56 Å². The first-order valence-corrected chi connectivity index (χ1v) is 3.67. The number of hydrogen-bond donors (Lipinski definition) is 0. The van der Waals surface area contributed by atoms with Crippen LogP contribution in [0.3, 0.4) is 0 Å². The van der Waals surface area contributed by atoms with Crippen molar-refractivity contribution in [3.8, 4) is 6.07 Å². The molecule has 13 heavy (non-hydrogen) atoms. The first kappa shape index (κ1) is 9.40. The summed E-state index contributed by atoms with van der Waals surface area (Å²) in [6, 6.07) is 3.91. The Kier molecular flexibility index (Phi) is 2.76. The van der Waals surface area contributed by atoms with Crippen LogP contribution < -0.4 is 0 Å². The molecule has 0 amide bonds. The van der Waals surface area contributed by atoms with Gasteiger partial charge in [0.25, 0.3) is 0 Å². The normalized spacial score (nSPS) is 10.3. The molecule has 0 fully saturated rings. The van der Waals surface area contributed by atoms with Crippen LogP contribution in [0.4, 0.5) is 8.78 Å². The minimum Gasteiger partial charge on any atom is -0.207 e. The standard InChI is InChI=1S/C10H7F2N/c1-7-5-8(3-2-4-13)10(12)6-9(7)11/h2-3,5-6H,1H3. The molecule has 1 rings (SSSR count). The van der Waals surface area contributed by atoms with Crippen molar-refractivity contribution in [2.75, 3.05) is 0 Å². The Morgan fingerprint density at radius 3 is 2.62 bits per heavy atom. The molecular formula is C10H7F2N. The van der Waals surface area contributed by atoms with E-state index in [1.807, 2.05) is 0 Å². The van der Waals surface area contributed by atoms with Gasteiger partial charge in [0, 0.05) is 17.7 Å². The molecule has 66 valence electrons. The van der Waals surface area contributed by atoms with Gasteiger partial charge in [0.05, 0.1) is 6.07 Å². The van der Waals surface area contributed by atoms with Crippen LogP contribution in [-0.4, -0.2) is 0 Å². The summed E-state index contributed by atoms with van der Waals surface area (Å²) in [5.74, 6) is -1.23. The van der Waals surface area contributed by atoms with Crippen LogP contribution >= 0.6 is 0 Å². The number of nitriles is 1. The van der Waals surface area contributed by atoms with Crippen LogP contribution in [-0.2, 0) is 0 Å². The molecule has 0 aliphatic rings. The van der Waals surface area contributed by atoms with Crippen molar-refractivity contribution in [3.05, 3.63) is 41.0 Å². The third-order valence-corrected chi connectivity index (χ3v) is 1.62. The second-order valence-electron chi connectivity index (χ2n) is 2.59. The SMILES string of the molecule is Cc1cc(C=CC#N)c(F)cc1F. The van der Waals surface area contributed by atoms with Gasteiger partial charge in [0.15, 0.2) is 0 Å². The Labute approximate surface area is 74.9 Å². The molecule has 0 atom stereocenters. The minimum absolute atomic E-state index is 0.223. The summed E-state index contributed by atoms with van der Waals surface area (Å²) < 4.78 is 25.7. The third kappa shape index (κ3) is 2.12. The maximum Gasteiger partial charge on any atom is 0.133 e. The zero-order valence-corrected chi connectivity index (χ0v) is 7.01. The molecule has 0 aliphatic heterocycles. The van der Waals surface area contributed by atoms with Crippen LogP contribution in [0.15, 0.2) is 18.2 Å². The predicted molar refractivity (Wildman–Crippen MR) is 45.7 cm³/mol. The molecule has 1 aromatic carbocycles. The Bertz CT molecular complexity index is 389. The van der Waals surface area contributed by atoms with Crippen molar-refractivity contribution in [3.63, 3.8) is 0 Å². The first-order chi connectivity index (χ1) is 6.15. The number of nitrogens with zero attached hydrogens (tertiary/aromatic N) is 1. The zero-order chi connectivity index (χ0) is 9.84. The smallest absolute Gasteiger partial charge is 0.133 e. The van der Waals surface area contributed by atoms with Crippen molar-refractivity contribution < 1.29 is 8.78 Å². The van der Waals surface area contributed by atoms with E-state index in [9.17, 15) is 8.78 Å². The number of halogens is 2. The average molecular weight is 179 g/mol. The highest BCUT2D eigenvalue weighted by Crippen LogP contribution is 2.15. The van der Waals surface area contributed by atoms with Crippen LogP contribution in [0.2, 0.25) is 0 Å². The van der Waals surface area contributed by atoms with E-state index in [0.717, 1.165) is 12.1 Å². The van der Waals surface area contributed by atoms with E-state index in [1.165, 1.54) is 12.1 Å². The molecule has 0 unspecified atom stereocenters. The van der Waals surface area contributed by atoms with Gasteiger partial charge in [-0.15, -0.1) is 0 Å². The molecular weight excluding hydrogens is 172 g/mol. The van der Waals surface area contributed by atoms with Gasteiger partial charge in [-0.25, -0.2) is 8.78 Å². The van der Waals surface area contributed by atoms with Crippen LogP contribution in [0.25, 0.3) is 6.08 Å². The molecule has 0 saturated carbocycles. The summed E-state index contributed by atoms with van der Waals surface area (Å²) in [7, 11) is 0. The monoisotopic (exact) mass is 179 g/mol. The summed E-state index contributed by atoms with van der Waals surface area (Å²) in [5, 5.41) is 8.21. The van der Waals surface area contributed by atoms with Gasteiger partial charge >= 0.3 is 0 Å². The summed E-state index contributed by atoms with van der Waals surface area (Å²) in [6.07, 6.45) is 2.46. The van der Waals surface area contributed by atoms with Gasteiger partial charge in [0.1, 0.15) is 11.6 Å². The average Bonchev–Trinajstić information content (AvgIpc) is 2.09. The molecule has 1 nitrogen and oxygen atoms in total. The summed E-state index contributed by atoms with van der Waals surface area (Å²) in [4.78, 5) is 0. The minimum atomic E-state index is -0.658. The predicted octanol–water partition coefficient (Wildman–Crippen LogP) is 2.81. The van der Waals surface area contributed by atoms with Gasteiger partial charge in [0.2, 0.25) is 0 Å². The van der Waals surface area contributed by atoms with Gasteiger partial charge in [-0.3, -0.25) is 0 Å². The van der Waals surface area contributed by atoms with Crippen molar-refractivity contribution in [2.24, 2.45) is 0 Å². The Balaban J connectivity index is 3.17. The summed E-state index contributed by atoms with van der Waals surface area (Å²) in [6.45, 7) is 1.54. The summed E-state index contributed by atoms with van der Waals surface area (Å²) in [5.41, 5.74) is 0.583. The van der Waals surface area contributed by atoms with Gasteiger partial charge in [-0.1, -0.05) is 0 Å². The lowest BCUT2D eigenvalue weighted by atomic mass is 10.1. The van der Waals surface area contributed by atoms with Gasteiger partial charge in [-0.2, -0.15) is 5.26 Å². The zero-order valence-electron chi connectivity index (χ0n) is 7.01. The summed E-state index contributed by atoms with van der Waals surface area (Å²) >= 11 is 0. The van der Waals surface area contributed by atoms with E-state index in [1.54, 1.807) is 13.0 Å². The second kappa shape index (κ2) is 3.81. The van der Waals surface area contributed by atoms with E-state index >= 15 is 0 Å². The number of aryl methyl sites for hydroxylation is 1. The Morgan fingerprint density at radius 1 is 1.31 bits per heavy atom. The van der Waals surface area contributed by atoms with Gasteiger partial charge in [-0.05, 0) is 24.6 Å². The van der Waals surface area contributed by atoms with Crippen LogP contribution in [0, 0.1) is 29.9 Å². The van der Waals surface area contributed by atoms with Crippen molar-refractivity contribution in [2.45, 2.75) is 6.92 Å². The molecule has 3 heteroatoms. The molecule has 0 heterocycles. The second-order valence-corrected chi connectivity index (χ2v) is 2.59. The maximum atomic E-state index is 13.0. The highest BCUT2D eigenvalue weighted by atomic mass is 19.1. The number of allylic oxidation sites excluding steroid dienone is 1. The number of rotatable bonds is 1. The first-order valence-electron chi connectivity index (χ1n) is 3.67. The van der Waals surface area contributed by atoms with Crippen molar-refractivity contribution >= 4 is 6.08 Å². The van der Waals surface area contributed by atoms with E-state index in [-0.39, 0.29) is 5.56 Å². The Morgan fingerprint density at radius 2 is 2.00 bits per heavy atom. The molecule has 0 aliphatic carbocycles. The van der Waals surface area contributed by atoms with E-state index in [2.05, 4.69) is 0 Å². The van der Waals surface area contributed by atoms with Crippen LogP contribution in [0.1, 0.15) is 11.1 Å².